The Balaban J connectivity index is 1.48. The molecule has 1 aromatic heterocycles. The largest absolute Gasteiger partial charge is 0.497 e. The highest BCUT2D eigenvalue weighted by Crippen LogP contribution is 2.29. The summed E-state index contributed by atoms with van der Waals surface area (Å²) in [7, 11) is 1.58. The van der Waals surface area contributed by atoms with E-state index in [1.807, 2.05) is 0 Å². The number of hydrogen-bond donors (Lipinski definition) is 1. The lowest BCUT2D eigenvalue weighted by Crippen LogP contribution is -2.20. The summed E-state index contributed by atoms with van der Waals surface area (Å²) in [6.07, 6.45) is 0. The molecule has 0 aliphatic carbocycles. The monoisotopic (exact) mass is 446 g/mol. The molecule has 0 fully saturated rings. The second-order valence-electron chi connectivity index (χ2n) is 6.76. The smallest absolute Gasteiger partial charge is 0.310 e. The van der Waals surface area contributed by atoms with Crippen LogP contribution in [-0.4, -0.2) is 34.7 Å². The third-order valence-corrected chi connectivity index (χ3v) is 4.63. The Morgan fingerprint density at radius 2 is 1.79 bits per heavy atom. The predicted octanol–water partition coefficient (Wildman–Crippen LogP) is 4.34. The lowest BCUT2D eigenvalue weighted by Gasteiger charge is -2.10. The maximum Gasteiger partial charge on any atom is 0.310 e. The predicted molar refractivity (Wildman–Crippen MR) is 119 cm³/mol. The Bertz CT molecular complexity index is 1290. The molecule has 1 N–H and O–H groups in total. The number of hydrogen-bond acceptors (Lipinski definition) is 8. The molecule has 0 atom stereocenters. The Labute approximate surface area is 187 Å². The minimum atomic E-state index is -0.571. The summed E-state index contributed by atoms with van der Waals surface area (Å²) in [6, 6.07) is 19.9. The van der Waals surface area contributed by atoms with Crippen LogP contribution < -0.4 is 14.8 Å². The van der Waals surface area contributed by atoms with E-state index in [0.717, 1.165) is 5.56 Å². The van der Waals surface area contributed by atoms with Gasteiger partial charge in [-0.1, -0.05) is 29.4 Å². The SMILES string of the molecule is COc1ccc(-c2noc(-c3ccccc3NC(=O)COc3ccccc3[N+](=O)[O-])n2)cc1. The minimum Gasteiger partial charge on any atom is -0.497 e. The normalized spacial score (nSPS) is 10.5. The third kappa shape index (κ3) is 4.96. The zero-order valence-corrected chi connectivity index (χ0v) is 17.4. The highest BCUT2D eigenvalue weighted by molar-refractivity contribution is 5.95. The van der Waals surface area contributed by atoms with Gasteiger partial charge in [0.25, 0.3) is 11.8 Å². The van der Waals surface area contributed by atoms with E-state index in [1.54, 1.807) is 61.7 Å². The van der Waals surface area contributed by atoms with Crippen molar-refractivity contribution in [3.05, 3.63) is 82.9 Å². The molecule has 0 saturated carbocycles. The first-order chi connectivity index (χ1) is 16.0. The molecule has 0 aliphatic rings. The molecule has 1 heterocycles. The number of aromatic nitrogens is 2. The van der Waals surface area contributed by atoms with Crippen LogP contribution in [0.25, 0.3) is 22.8 Å². The minimum absolute atomic E-state index is 0.00645. The number of para-hydroxylation sites is 3. The number of carbonyl (C=O) groups excluding carboxylic acids is 1. The molecule has 4 aromatic rings. The Morgan fingerprint density at radius 1 is 1.06 bits per heavy atom. The van der Waals surface area contributed by atoms with Crippen LogP contribution in [0.4, 0.5) is 11.4 Å². The summed E-state index contributed by atoms with van der Waals surface area (Å²) in [5.41, 5.74) is 1.47. The van der Waals surface area contributed by atoms with Gasteiger partial charge < -0.3 is 19.3 Å². The summed E-state index contributed by atoms with van der Waals surface area (Å²) < 4.78 is 15.9. The van der Waals surface area contributed by atoms with Crippen LogP contribution in [-0.2, 0) is 4.79 Å². The van der Waals surface area contributed by atoms with Gasteiger partial charge in [0.05, 0.1) is 23.3 Å². The van der Waals surface area contributed by atoms with E-state index in [2.05, 4.69) is 15.5 Å². The lowest BCUT2D eigenvalue weighted by atomic mass is 10.1. The number of rotatable bonds is 8. The molecule has 0 bridgehead atoms. The number of ether oxygens (including phenoxy) is 2. The van der Waals surface area contributed by atoms with Gasteiger partial charge in [-0.2, -0.15) is 4.98 Å². The number of benzene rings is 3. The van der Waals surface area contributed by atoms with Gasteiger partial charge in [0.1, 0.15) is 5.75 Å². The number of nitrogens with zero attached hydrogens (tertiary/aromatic N) is 3. The molecular weight excluding hydrogens is 428 g/mol. The first-order valence-electron chi connectivity index (χ1n) is 9.79. The van der Waals surface area contributed by atoms with E-state index in [0.29, 0.717) is 22.8 Å². The van der Waals surface area contributed by atoms with Gasteiger partial charge in [0, 0.05) is 11.6 Å². The van der Waals surface area contributed by atoms with Crippen molar-refractivity contribution in [1.29, 1.82) is 0 Å². The van der Waals surface area contributed by atoms with E-state index in [-0.39, 0.29) is 17.3 Å². The van der Waals surface area contributed by atoms with Crippen molar-refractivity contribution >= 4 is 17.3 Å². The number of carbonyl (C=O) groups is 1. The number of nitro benzene ring substituents is 1. The molecule has 1 amide bonds. The topological polar surface area (TPSA) is 130 Å². The van der Waals surface area contributed by atoms with Crippen LogP contribution in [0.15, 0.2) is 77.3 Å². The van der Waals surface area contributed by atoms with Crippen LogP contribution >= 0.6 is 0 Å². The quantitative estimate of drug-likeness (QED) is 0.313. The van der Waals surface area contributed by atoms with E-state index >= 15 is 0 Å². The van der Waals surface area contributed by atoms with Crippen molar-refractivity contribution in [1.82, 2.24) is 10.1 Å². The summed E-state index contributed by atoms with van der Waals surface area (Å²) in [5.74, 6) is 0.811. The molecule has 0 radical (unpaired) electrons. The van der Waals surface area contributed by atoms with Gasteiger partial charge in [-0.25, -0.2) is 0 Å². The Morgan fingerprint density at radius 3 is 2.55 bits per heavy atom. The number of nitro groups is 1. The van der Waals surface area contributed by atoms with Crippen molar-refractivity contribution < 1.29 is 23.7 Å². The van der Waals surface area contributed by atoms with Crippen LogP contribution in [0.2, 0.25) is 0 Å². The van der Waals surface area contributed by atoms with Crippen molar-refractivity contribution in [3.63, 3.8) is 0 Å². The second kappa shape index (κ2) is 9.60. The maximum atomic E-state index is 12.5. The van der Waals surface area contributed by atoms with Crippen molar-refractivity contribution in [2.24, 2.45) is 0 Å². The van der Waals surface area contributed by atoms with E-state index in [4.69, 9.17) is 14.0 Å². The molecule has 0 spiro atoms. The zero-order chi connectivity index (χ0) is 23.2. The third-order valence-electron chi connectivity index (χ3n) is 4.63. The molecule has 10 heteroatoms. The van der Waals surface area contributed by atoms with Gasteiger partial charge in [0.15, 0.2) is 12.4 Å². The molecule has 33 heavy (non-hydrogen) atoms. The van der Waals surface area contributed by atoms with Crippen LogP contribution in [0, 0.1) is 10.1 Å². The summed E-state index contributed by atoms with van der Waals surface area (Å²) in [6.45, 7) is -0.417. The summed E-state index contributed by atoms with van der Waals surface area (Å²) >= 11 is 0. The van der Waals surface area contributed by atoms with Crippen LogP contribution in [0.5, 0.6) is 11.5 Å². The number of amides is 1. The zero-order valence-electron chi connectivity index (χ0n) is 17.4. The van der Waals surface area contributed by atoms with Gasteiger partial charge in [-0.15, -0.1) is 0 Å². The molecule has 166 valence electrons. The summed E-state index contributed by atoms with van der Waals surface area (Å²) in [4.78, 5) is 27.4. The molecular formula is C23H18N4O6. The fourth-order valence-electron chi connectivity index (χ4n) is 3.03. The highest BCUT2D eigenvalue weighted by Gasteiger charge is 2.18. The number of anilines is 1. The highest BCUT2D eigenvalue weighted by atomic mass is 16.6. The van der Waals surface area contributed by atoms with E-state index in [9.17, 15) is 14.9 Å². The van der Waals surface area contributed by atoms with Gasteiger partial charge in [-0.3, -0.25) is 14.9 Å². The standard InChI is InChI=1S/C23H18N4O6/c1-31-16-12-10-15(11-13-16)22-25-23(33-26-22)17-6-2-3-7-18(17)24-21(28)14-32-20-9-5-4-8-19(20)27(29)30/h2-13H,14H2,1H3,(H,24,28). The first-order valence-corrected chi connectivity index (χ1v) is 9.79. The molecule has 0 saturated heterocycles. The molecule has 0 aliphatic heterocycles. The van der Waals surface area contributed by atoms with Gasteiger partial charge in [-0.05, 0) is 42.5 Å². The average molecular weight is 446 g/mol. The maximum absolute atomic E-state index is 12.5. The van der Waals surface area contributed by atoms with E-state index in [1.165, 1.54) is 18.2 Å². The molecule has 3 aromatic carbocycles. The molecule has 10 nitrogen and oxygen atoms in total. The second-order valence-corrected chi connectivity index (χ2v) is 6.76. The number of methoxy groups -OCH3 is 1. The molecule has 0 unspecified atom stereocenters. The lowest BCUT2D eigenvalue weighted by molar-refractivity contribution is -0.385. The summed E-state index contributed by atoms with van der Waals surface area (Å²) in [5, 5.41) is 17.8. The Hall–Kier alpha value is -4.73. The van der Waals surface area contributed by atoms with Gasteiger partial charge in [0.2, 0.25) is 5.82 Å². The van der Waals surface area contributed by atoms with E-state index < -0.39 is 17.4 Å². The van der Waals surface area contributed by atoms with Gasteiger partial charge >= 0.3 is 5.69 Å². The Kier molecular flexibility index (Phi) is 6.26. The van der Waals surface area contributed by atoms with Crippen LogP contribution in [0.3, 0.4) is 0 Å². The van der Waals surface area contributed by atoms with Crippen LogP contribution in [0.1, 0.15) is 0 Å². The molecule has 4 rings (SSSR count). The number of nitrogens with one attached hydrogen (secondary N) is 1. The first kappa shape index (κ1) is 21.5. The van der Waals surface area contributed by atoms with Crippen molar-refractivity contribution in [2.45, 2.75) is 0 Å². The van der Waals surface area contributed by atoms with Crippen molar-refractivity contribution in [3.8, 4) is 34.3 Å². The van der Waals surface area contributed by atoms with Crippen molar-refractivity contribution in [2.75, 3.05) is 19.0 Å². The average Bonchev–Trinajstić information content (AvgIpc) is 3.33. The fourth-order valence-corrected chi connectivity index (χ4v) is 3.03. The fraction of sp³-hybridized carbons (Fsp3) is 0.0870.